The van der Waals surface area contributed by atoms with E-state index in [0.29, 0.717) is 43.8 Å². The highest BCUT2D eigenvalue weighted by molar-refractivity contribution is 7.88. The number of benzene rings is 8. The fourth-order valence-electron chi connectivity index (χ4n) is 9.41. The SMILES string of the molecule is CC(=O)OS(=O)(=O)c1cccc2c3ccc(c12)OCc1cc(c2cccc4c2c1OS4(=O)=O)Cc1ccc(c2c(S(=O)(=O)OC(C)=O)cccc12)OCc1cc(c2cccc4c2c1OS4(=O)=O)C3. The van der Waals surface area contributed by atoms with Crippen molar-refractivity contribution in [2.45, 2.75) is 59.5 Å². The Hall–Kier alpha value is -7.26. The zero-order valence-electron chi connectivity index (χ0n) is 35.4. The fraction of sp³-hybridized carbons (Fsp3) is 0.125. The second-order valence-electron chi connectivity index (χ2n) is 16.3. The summed E-state index contributed by atoms with van der Waals surface area (Å²) in [5.74, 6) is -2.15. The molecule has 8 aromatic rings. The Labute approximate surface area is 388 Å². The molecule has 16 nitrogen and oxygen atoms in total. The summed E-state index contributed by atoms with van der Waals surface area (Å²) >= 11 is 0. The molecule has 0 fully saturated rings. The summed E-state index contributed by atoms with van der Waals surface area (Å²) in [6, 6.07) is 28.0. The molecule has 8 aromatic carbocycles. The van der Waals surface area contributed by atoms with Crippen molar-refractivity contribution < 1.29 is 69.5 Å². The molecule has 0 N–H and O–H groups in total. The van der Waals surface area contributed by atoms with Crippen LogP contribution in [0.4, 0.5) is 0 Å². The van der Waals surface area contributed by atoms with Crippen LogP contribution in [0.25, 0.3) is 43.1 Å². The Bertz CT molecular complexity index is 3840. The van der Waals surface area contributed by atoms with Crippen molar-refractivity contribution in [2.75, 3.05) is 0 Å². The van der Waals surface area contributed by atoms with E-state index < -0.39 is 62.2 Å². The number of rotatable bonds is 4. The first-order valence-electron chi connectivity index (χ1n) is 20.6. The van der Waals surface area contributed by atoms with E-state index in [0.717, 1.165) is 13.8 Å². The maximum atomic E-state index is 13.8. The van der Waals surface area contributed by atoms with Crippen molar-refractivity contribution >= 4 is 95.5 Å². The molecule has 0 radical (unpaired) electrons. The number of fused-ring (bicyclic) bond motifs is 4. The van der Waals surface area contributed by atoms with Gasteiger partial charge in [0.2, 0.25) is 0 Å². The monoisotopic (exact) mass is 992 g/mol. The summed E-state index contributed by atoms with van der Waals surface area (Å²) in [5, 5.41) is 2.30. The zero-order chi connectivity index (χ0) is 47.7. The van der Waals surface area contributed by atoms with Gasteiger partial charge in [-0.05, 0) is 105 Å². The Morgan fingerprint density at radius 1 is 0.471 bits per heavy atom. The smallest absolute Gasteiger partial charge is 0.342 e. The summed E-state index contributed by atoms with van der Waals surface area (Å²) in [6.07, 6.45) is 0.104. The third-order valence-electron chi connectivity index (χ3n) is 12.0. The van der Waals surface area contributed by atoms with E-state index in [1.807, 2.05) is 0 Å². The lowest BCUT2D eigenvalue weighted by Gasteiger charge is -2.19. The third-order valence-corrected chi connectivity index (χ3v) is 17.2. The molecule has 68 heavy (non-hydrogen) atoms. The highest BCUT2D eigenvalue weighted by Gasteiger charge is 2.36. The zero-order valence-corrected chi connectivity index (χ0v) is 38.7. The van der Waals surface area contributed by atoms with E-state index in [4.69, 9.17) is 26.2 Å². The maximum absolute atomic E-state index is 13.8. The normalized spacial score (nSPS) is 15.7. The van der Waals surface area contributed by atoms with Gasteiger partial charge in [-0.25, -0.2) is 0 Å². The molecule has 0 unspecified atom stereocenters. The highest BCUT2D eigenvalue weighted by Crippen LogP contribution is 2.48. The minimum atomic E-state index is -4.76. The lowest BCUT2D eigenvalue weighted by molar-refractivity contribution is -0.132. The molecule has 20 heteroatoms. The standard InChI is InChI=1S/C48H32O16S4/c1-25(49)61-65(51,52)39-11-3-7-33-27-15-17-37(43(33)39)59-23-31-22-30(36-10-6-14-42-46(36)47(31)63-67(42,55)56)20-28-16-18-38(44-34(28)8-4-12-40(44)66(53,54)62-26(2)50)60-24-32-21-29(19-27)35-9-5-13-41-45(35)48(32)64-68(41,57)58/h3-18,21-22H,19-20,23-24H2,1-2H3. The Kier molecular flexibility index (Phi) is 9.64. The van der Waals surface area contributed by atoms with Crippen LogP contribution >= 0.6 is 0 Å². The van der Waals surface area contributed by atoms with E-state index in [2.05, 4.69) is 0 Å². The molecule has 344 valence electrons. The van der Waals surface area contributed by atoms with Gasteiger partial charge in [-0.2, -0.15) is 33.7 Å². The van der Waals surface area contributed by atoms with Crippen molar-refractivity contribution in [2.24, 2.45) is 0 Å². The molecule has 0 amide bonds. The van der Waals surface area contributed by atoms with Gasteiger partial charge in [0, 0.05) is 46.5 Å². The van der Waals surface area contributed by atoms with Gasteiger partial charge < -0.3 is 26.2 Å². The van der Waals surface area contributed by atoms with Gasteiger partial charge in [0.25, 0.3) is 0 Å². The summed E-state index contributed by atoms with van der Waals surface area (Å²) in [5.41, 5.74) is 2.69. The minimum Gasteiger partial charge on any atom is -0.488 e. The Morgan fingerprint density at radius 3 is 1.22 bits per heavy atom. The van der Waals surface area contributed by atoms with E-state index in [1.54, 1.807) is 72.8 Å². The Balaban J connectivity index is 1.20. The van der Waals surface area contributed by atoms with Crippen LogP contribution in [0.1, 0.15) is 47.2 Å². The molecular weight excluding hydrogens is 961 g/mol. The van der Waals surface area contributed by atoms with Crippen LogP contribution in [0.15, 0.2) is 129 Å². The number of carbonyl (C=O) groups is 2. The summed E-state index contributed by atoms with van der Waals surface area (Å²) in [4.78, 5) is 23.3. The molecule has 0 spiro atoms. The number of ether oxygens (including phenoxy) is 2. The van der Waals surface area contributed by atoms with Crippen LogP contribution < -0.4 is 17.8 Å². The van der Waals surface area contributed by atoms with Crippen LogP contribution in [-0.4, -0.2) is 45.6 Å². The van der Waals surface area contributed by atoms with E-state index in [-0.39, 0.29) is 91.5 Å². The molecule has 0 saturated carbocycles. The predicted octanol–water partition coefficient (Wildman–Crippen LogP) is 7.62. The van der Waals surface area contributed by atoms with Crippen molar-refractivity contribution in [3.05, 3.63) is 143 Å². The second-order valence-corrected chi connectivity index (χ2v) is 22.3. The number of carbonyl (C=O) groups excluding carboxylic acids is 2. The maximum Gasteiger partial charge on any atom is 0.342 e. The molecule has 12 rings (SSSR count). The van der Waals surface area contributed by atoms with E-state index >= 15 is 0 Å². The molecule has 0 saturated heterocycles. The van der Waals surface area contributed by atoms with Crippen LogP contribution in [0.5, 0.6) is 23.0 Å². The topological polar surface area (TPSA) is 226 Å². The molecule has 4 aliphatic heterocycles. The Morgan fingerprint density at radius 2 is 0.838 bits per heavy atom. The van der Waals surface area contributed by atoms with E-state index in [9.17, 15) is 43.3 Å². The van der Waals surface area contributed by atoms with Crippen molar-refractivity contribution in [1.82, 2.24) is 0 Å². The van der Waals surface area contributed by atoms with Gasteiger partial charge in [0.15, 0.2) is 11.5 Å². The average Bonchev–Trinajstić information content (AvgIpc) is 3.73. The molecule has 8 bridgehead atoms. The van der Waals surface area contributed by atoms with Gasteiger partial charge >= 0.3 is 52.4 Å². The van der Waals surface area contributed by atoms with E-state index in [1.165, 1.54) is 36.4 Å². The van der Waals surface area contributed by atoms with Crippen LogP contribution in [0.2, 0.25) is 0 Å². The first-order chi connectivity index (χ1) is 32.3. The van der Waals surface area contributed by atoms with Gasteiger partial charge in [-0.15, -0.1) is 0 Å². The summed E-state index contributed by atoms with van der Waals surface area (Å²) in [6.45, 7) is 1.16. The van der Waals surface area contributed by atoms with Gasteiger partial charge in [-0.1, -0.05) is 60.7 Å². The van der Waals surface area contributed by atoms with Crippen LogP contribution in [0, 0.1) is 0 Å². The largest absolute Gasteiger partial charge is 0.488 e. The quantitative estimate of drug-likeness (QED) is 0.155. The molecule has 0 atom stereocenters. The molecule has 0 aromatic heterocycles. The lowest BCUT2D eigenvalue weighted by atomic mass is 9.92. The summed E-state index contributed by atoms with van der Waals surface area (Å²) < 4.78 is 143. The van der Waals surface area contributed by atoms with Gasteiger partial charge in [-0.3, -0.25) is 9.59 Å². The minimum absolute atomic E-state index is 0.00704. The molecule has 0 aliphatic carbocycles. The number of hydrogen-bond donors (Lipinski definition) is 0. The summed E-state index contributed by atoms with van der Waals surface area (Å²) in [7, 11) is -18.1. The van der Waals surface area contributed by atoms with Crippen molar-refractivity contribution in [3.63, 3.8) is 0 Å². The third kappa shape index (κ3) is 6.88. The second kappa shape index (κ2) is 15.1. The predicted molar refractivity (Wildman–Crippen MR) is 244 cm³/mol. The highest BCUT2D eigenvalue weighted by atomic mass is 32.2. The van der Waals surface area contributed by atoms with Crippen LogP contribution in [-0.2, 0) is 84.5 Å². The average molecular weight is 993 g/mol. The molecule has 4 aliphatic rings. The molecular formula is C48H32O16S4. The van der Waals surface area contributed by atoms with Crippen molar-refractivity contribution in [1.29, 1.82) is 0 Å². The lowest BCUT2D eigenvalue weighted by Crippen LogP contribution is -2.12. The van der Waals surface area contributed by atoms with Gasteiger partial charge in [0.1, 0.15) is 44.3 Å². The van der Waals surface area contributed by atoms with Gasteiger partial charge in [0.05, 0.1) is 0 Å². The first-order valence-corrected chi connectivity index (χ1v) is 26.2. The van der Waals surface area contributed by atoms with Crippen molar-refractivity contribution in [3.8, 4) is 23.0 Å². The van der Waals surface area contributed by atoms with Crippen LogP contribution in [0.3, 0.4) is 0 Å². The number of hydrogen-bond acceptors (Lipinski definition) is 16. The fourth-order valence-corrected chi connectivity index (χ4v) is 14.0. The molecule has 4 heterocycles. The first kappa shape index (κ1) is 43.3.